The molecule has 108 valence electrons. The maximum absolute atomic E-state index is 10.3. The van der Waals surface area contributed by atoms with Crippen molar-refractivity contribution < 1.29 is 4.79 Å². The number of carbonyl (C=O) groups is 1. The SMILES string of the molecule is CCCCCCCCCCCCSCC(N)C=O. The second-order valence-electron chi connectivity index (χ2n) is 5.06. The zero-order valence-corrected chi connectivity index (χ0v) is 12.9. The minimum atomic E-state index is -0.266. The van der Waals surface area contributed by atoms with E-state index in [2.05, 4.69) is 6.92 Å². The van der Waals surface area contributed by atoms with Crippen LogP contribution in [0.4, 0.5) is 0 Å². The van der Waals surface area contributed by atoms with Crippen molar-refractivity contribution in [3.8, 4) is 0 Å². The lowest BCUT2D eigenvalue weighted by atomic mass is 10.1. The Morgan fingerprint density at radius 3 is 1.94 bits per heavy atom. The van der Waals surface area contributed by atoms with E-state index in [4.69, 9.17) is 5.73 Å². The van der Waals surface area contributed by atoms with Crippen molar-refractivity contribution in [2.45, 2.75) is 77.2 Å². The highest BCUT2D eigenvalue weighted by Gasteiger charge is 1.99. The van der Waals surface area contributed by atoms with Crippen LogP contribution in [0, 0.1) is 0 Å². The van der Waals surface area contributed by atoms with E-state index in [1.54, 1.807) is 0 Å². The molecule has 1 atom stereocenters. The lowest BCUT2D eigenvalue weighted by molar-refractivity contribution is -0.108. The van der Waals surface area contributed by atoms with Crippen molar-refractivity contribution in [2.75, 3.05) is 11.5 Å². The van der Waals surface area contributed by atoms with Crippen LogP contribution in [0.2, 0.25) is 0 Å². The summed E-state index contributed by atoms with van der Waals surface area (Å²) in [6.45, 7) is 2.26. The second-order valence-corrected chi connectivity index (χ2v) is 6.21. The number of hydrogen-bond donors (Lipinski definition) is 1. The van der Waals surface area contributed by atoms with Crippen LogP contribution in [0.25, 0.3) is 0 Å². The predicted molar refractivity (Wildman–Crippen MR) is 83.2 cm³/mol. The molecular weight excluding hydrogens is 242 g/mol. The van der Waals surface area contributed by atoms with Crippen LogP contribution in [-0.2, 0) is 4.79 Å². The molecular formula is C15H31NOS. The summed E-state index contributed by atoms with van der Waals surface area (Å²) < 4.78 is 0. The molecule has 0 radical (unpaired) electrons. The second kappa shape index (κ2) is 15.0. The number of rotatable bonds is 14. The quantitative estimate of drug-likeness (QED) is 0.381. The maximum Gasteiger partial charge on any atom is 0.137 e. The number of thioether (sulfide) groups is 1. The molecule has 1 unspecified atom stereocenters. The maximum atomic E-state index is 10.3. The number of nitrogens with two attached hydrogens (primary N) is 1. The fraction of sp³-hybridized carbons (Fsp3) is 0.933. The highest BCUT2D eigenvalue weighted by molar-refractivity contribution is 7.99. The van der Waals surface area contributed by atoms with Gasteiger partial charge in [0.1, 0.15) is 6.29 Å². The van der Waals surface area contributed by atoms with E-state index in [0.717, 1.165) is 17.8 Å². The topological polar surface area (TPSA) is 43.1 Å². The van der Waals surface area contributed by atoms with Crippen molar-refractivity contribution in [2.24, 2.45) is 5.73 Å². The molecule has 0 heterocycles. The van der Waals surface area contributed by atoms with E-state index in [0.29, 0.717) is 0 Å². The molecule has 0 saturated heterocycles. The summed E-state index contributed by atoms with van der Waals surface area (Å²) in [5.74, 6) is 1.93. The standard InChI is InChI=1S/C15H31NOS/c1-2-3-4-5-6-7-8-9-10-11-12-18-14-15(16)13-17/h13,15H,2-12,14,16H2,1H3. The molecule has 2 N–H and O–H groups in total. The van der Waals surface area contributed by atoms with E-state index in [1.807, 2.05) is 11.8 Å². The third-order valence-electron chi connectivity index (χ3n) is 3.13. The Bertz CT molecular complexity index is 176. The van der Waals surface area contributed by atoms with Crippen LogP contribution in [0.15, 0.2) is 0 Å². The van der Waals surface area contributed by atoms with Gasteiger partial charge in [0.25, 0.3) is 0 Å². The van der Waals surface area contributed by atoms with Crippen LogP contribution in [-0.4, -0.2) is 23.8 Å². The van der Waals surface area contributed by atoms with Crippen molar-refractivity contribution in [1.29, 1.82) is 0 Å². The Balaban J connectivity index is 2.96. The molecule has 0 spiro atoms. The first-order valence-electron chi connectivity index (χ1n) is 7.60. The average molecular weight is 273 g/mol. The van der Waals surface area contributed by atoms with Gasteiger partial charge in [-0.15, -0.1) is 0 Å². The third kappa shape index (κ3) is 14.0. The summed E-state index contributed by atoms with van der Waals surface area (Å²) in [5, 5.41) is 0. The number of hydrogen-bond acceptors (Lipinski definition) is 3. The third-order valence-corrected chi connectivity index (χ3v) is 4.33. The molecule has 0 saturated carbocycles. The minimum absolute atomic E-state index is 0.266. The van der Waals surface area contributed by atoms with Gasteiger partial charge in [-0.05, 0) is 12.2 Å². The summed E-state index contributed by atoms with van der Waals surface area (Å²) in [6, 6.07) is -0.266. The number of unbranched alkanes of at least 4 members (excludes halogenated alkanes) is 9. The zero-order valence-electron chi connectivity index (χ0n) is 12.0. The minimum Gasteiger partial charge on any atom is -0.321 e. The first-order valence-corrected chi connectivity index (χ1v) is 8.75. The monoisotopic (exact) mass is 273 g/mol. The fourth-order valence-corrected chi connectivity index (χ4v) is 2.88. The van der Waals surface area contributed by atoms with Crippen LogP contribution >= 0.6 is 11.8 Å². The Morgan fingerprint density at radius 1 is 0.944 bits per heavy atom. The molecule has 0 bridgehead atoms. The molecule has 0 rings (SSSR count). The van der Waals surface area contributed by atoms with Crippen LogP contribution < -0.4 is 5.73 Å². The van der Waals surface area contributed by atoms with E-state index in [-0.39, 0.29) is 6.04 Å². The van der Waals surface area contributed by atoms with Gasteiger partial charge in [-0.1, -0.05) is 64.7 Å². The largest absolute Gasteiger partial charge is 0.321 e. The molecule has 0 aliphatic rings. The highest BCUT2D eigenvalue weighted by Crippen LogP contribution is 2.12. The number of aldehydes is 1. The van der Waals surface area contributed by atoms with Crippen molar-refractivity contribution in [3.05, 3.63) is 0 Å². The molecule has 0 amide bonds. The van der Waals surface area contributed by atoms with Gasteiger partial charge in [0, 0.05) is 5.75 Å². The zero-order chi connectivity index (χ0) is 13.5. The summed E-state index contributed by atoms with van der Waals surface area (Å²) in [5.41, 5.74) is 5.51. The van der Waals surface area contributed by atoms with Crippen LogP contribution in [0.5, 0.6) is 0 Å². The molecule has 0 fully saturated rings. The fourth-order valence-electron chi connectivity index (χ4n) is 1.95. The van der Waals surface area contributed by atoms with Crippen LogP contribution in [0.1, 0.15) is 71.1 Å². The normalized spacial score (nSPS) is 12.6. The van der Waals surface area contributed by atoms with Gasteiger partial charge in [0.05, 0.1) is 6.04 Å². The van der Waals surface area contributed by atoms with Gasteiger partial charge in [-0.3, -0.25) is 0 Å². The van der Waals surface area contributed by atoms with Gasteiger partial charge in [0.15, 0.2) is 0 Å². The molecule has 0 aromatic carbocycles. The number of carbonyl (C=O) groups excluding carboxylic acids is 1. The van der Waals surface area contributed by atoms with E-state index < -0.39 is 0 Å². The van der Waals surface area contributed by atoms with Crippen molar-refractivity contribution in [3.63, 3.8) is 0 Å². The molecule has 2 nitrogen and oxygen atoms in total. The predicted octanol–water partition coefficient (Wildman–Crippen LogP) is 4.17. The molecule has 0 aliphatic heterocycles. The first-order chi connectivity index (χ1) is 8.81. The van der Waals surface area contributed by atoms with Gasteiger partial charge in [0.2, 0.25) is 0 Å². The van der Waals surface area contributed by atoms with E-state index >= 15 is 0 Å². The highest BCUT2D eigenvalue weighted by atomic mass is 32.2. The van der Waals surface area contributed by atoms with Gasteiger partial charge < -0.3 is 10.5 Å². The summed E-state index contributed by atoms with van der Waals surface area (Å²) >= 11 is 1.81. The van der Waals surface area contributed by atoms with Gasteiger partial charge in [-0.25, -0.2) is 0 Å². The molecule has 3 heteroatoms. The lowest BCUT2D eigenvalue weighted by Crippen LogP contribution is -2.24. The smallest absolute Gasteiger partial charge is 0.137 e. The molecule has 0 aromatic heterocycles. The van der Waals surface area contributed by atoms with E-state index in [1.165, 1.54) is 64.2 Å². The Hall–Kier alpha value is -0.0200. The van der Waals surface area contributed by atoms with E-state index in [9.17, 15) is 4.79 Å². The summed E-state index contributed by atoms with van der Waals surface area (Å²) in [4.78, 5) is 10.3. The Labute approximate surface area is 117 Å². The molecule has 0 aliphatic carbocycles. The Morgan fingerprint density at radius 2 is 1.44 bits per heavy atom. The first kappa shape index (κ1) is 18.0. The van der Waals surface area contributed by atoms with Gasteiger partial charge in [-0.2, -0.15) is 11.8 Å². The van der Waals surface area contributed by atoms with Crippen molar-refractivity contribution in [1.82, 2.24) is 0 Å². The van der Waals surface area contributed by atoms with Crippen LogP contribution in [0.3, 0.4) is 0 Å². The Kier molecular flexibility index (Phi) is 15.0. The average Bonchev–Trinajstić information content (AvgIpc) is 2.39. The summed E-state index contributed by atoms with van der Waals surface area (Å²) in [7, 11) is 0. The van der Waals surface area contributed by atoms with Crippen molar-refractivity contribution >= 4 is 18.0 Å². The molecule has 0 aromatic rings. The molecule has 18 heavy (non-hydrogen) atoms. The lowest BCUT2D eigenvalue weighted by Gasteiger charge is -2.04. The van der Waals surface area contributed by atoms with Gasteiger partial charge >= 0.3 is 0 Å². The summed E-state index contributed by atoms with van der Waals surface area (Å²) in [6.07, 6.45) is 14.6.